The molecule has 1 aromatic rings. The minimum Gasteiger partial charge on any atom is -0.376 e. The maximum absolute atomic E-state index is 6.11. The molecule has 26 heavy (non-hydrogen) atoms. The van der Waals surface area contributed by atoms with Gasteiger partial charge in [0.2, 0.25) is 0 Å². The topological polar surface area (TPSA) is 59.0 Å². The molecule has 2 saturated heterocycles. The van der Waals surface area contributed by atoms with Crippen molar-refractivity contribution >= 4 is 17.3 Å². The molecule has 1 unspecified atom stereocenters. The number of aryl methyl sites for hydroxylation is 2. The largest absolute Gasteiger partial charge is 0.376 e. The number of aliphatic imine (C=N–C) groups is 1. The van der Waals surface area contributed by atoms with Gasteiger partial charge in [-0.05, 0) is 46.0 Å². The van der Waals surface area contributed by atoms with Crippen LogP contribution >= 0.6 is 11.3 Å². The number of thiazole rings is 1. The normalized spacial score (nSPS) is 22.7. The molecule has 0 bridgehead atoms. The Labute approximate surface area is 161 Å². The zero-order valence-corrected chi connectivity index (χ0v) is 17.1. The molecule has 2 aliphatic rings. The van der Waals surface area contributed by atoms with E-state index in [0.717, 1.165) is 68.8 Å². The number of aromatic nitrogens is 1. The van der Waals surface area contributed by atoms with Gasteiger partial charge in [0.25, 0.3) is 0 Å². The number of hydrogen-bond donors (Lipinski definition) is 1. The van der Waals surface area contributed by atoms with Crippen molar-refractivity contribution in [1.29, 1.82) is 0 Å². The van der Waals surface area contributed by atoms with Gasteiger partial charge in [0.15, 0.2) is 5.96 Å². The van der Waals surface area contributed by atoms with Crippen molar-refractivity contribution in [3.63, 3.8) is 0 Å². The number of rotatable bonds is 5. The van der Waals surface area contributed by atoms with Crippen LogP contribution in [0.3, 0.4) is 0 Å². The maximum Gasteiger partial charge on any atom is 0.193 e. The van der Waals surface area contributed by atoms with E-state index in [2.05, 4.69) is 34.0 Å². The second-order valence-electron chi connectivity index (χ2n) is 7.16. The Morgan fingerprint density at radius 3 is 2.73 bits per heavy atom. The molecular formula is C19H32N4O2S. The van der Waals surface area contributed by atoms with E-state index in [1.807, 2.05) is 7.05 Å². The fraction of sp³-hybridized carbons (Fsp3) is 0.789. The highest BCUT2D eigenvalue weighted by Crippen LogP contribution is 2.19. The highest BCUT2D eigenvalue weighted by Gasteiger charge is 2.23. The number of ether oxygens (including phenoxy) is 2. The minimum atomic E-state index is 0.307. The summed E-state index contributed by atoms with van der Waals surface area (Å²) < 4.78 is 11.9. The first kappa shape index (κ1) is 19.6. The lowest BCUT2D eigenvalue weighted by Gasteiger charge is -2.35. The molecule has 3 heterocycles. The molecule has 3 rings (SSSR count). The molecule has 0 amide bonds. The summed E-state index contributed by atoms with van der Waals surface area (Å²) in [6.45, 7) is 8.52. The fourth-order valence-electron chi connectivity index (χ4n) is 3.52. The van der Waals surface area contributed by atoms with Gasteiger partial charge in [-0.15, -0.1) is 11.3 Å². The number of hydrogen-bond acceptors (Lipinski definition) is 5. The lowest BCUT2D eigenvalue weighted by atomic mass is 10.1. The molecule has 2 aliphatic heterocycles. The molecule has 0 radical (unpaired) electrons. The summed E-state index contributed by atoms with van der Waals surface area (Å²) in [5.41, 5.74) is 1.13. The van der Waals surface area contributed by atoms with E-state index in [9.17, 15) is 0 Å². The molecule has 1 N–H and O–H groups in total. The number of likely N-dealkylation sites (tertiary alicyclic amines) is 1. The van der Waals surface area contributed by atoms with Crippen LogP contribution in [0, 0.1) is 13.8 Å². The molecule has 2 fully saturated rings. The summed E-state index contributed by atoms with van der Waals surface area (Å²) in [5.74, 6) is 0.963. The third-order valence-electron chi connectivity index (χ3n) is 5.22. The van der Waals surface area contributed by atoms with Crippen molar-refractivity contribution in [2.45, 2.75) is 64.7 Å². The third-order valence-corrected chi connectivity index (χ3v) is 6.29. The predicted octanol–water partition coefficient (Wildman–Crippen LogP) is 2.89. The summed E-state index contributed by atoms with van der Waals surface area (Å²) in [6.07, 6.45) is 6.35. The molecule has 146 valence electrons. The highest BCUT2D eigenvalue weighted by atomic mass is 32.1. The van der Waals surface area contributed by atoms with Gasteiger partial charge in [0.1, 0.15) is 5.01 Å². The first-order chi connectivity index (χ1) is 12.7. The molecular weight excluding hydrogens is 348 g/mol. The average Bonchev–Trinajstić information content (AvgIpc) is 3.00. The van der Waals surface area contributed by atoms with Gasteiger partial charge in [-0.25, -0.2) is 4.98 Å². The molecule has 7 heteroatoms. The second-order valence-corrected chi connectivity index (χ2v) is 8.45. The highest BCUT2D eigenvalue weighted by molar-refractivity contribution is 7.11. The molecule has 0 aromatic carbocycles. The lowest BCUT2D eigenvalue weighted by Crippen LogP contribution is -2.47. The number of nitrogens with one attached hydrogen (secondary N) is 1. The molecule has 1 aromatic heterocycles. The van der Waals surface area contributed by atoms with E-state index in [0.29, 0.717) is 12.2 Å². The Morgan fingerprint density at radius 1 is 1.31 bits per heavy atom. The summed E-state index contributed by atoms with van der Waals surface area (Å²) in [5, 5.41) is 4.57. The van der Waals surface area contributed by atoms with Gasteiger partial charge < -0.3 is 19.7 Å². The van der Waals surface area contributed by atoms with Crippen molar-refractivity contribution in [1.82, 2.24) is 15.2 Å². The predicted molar refractivity (Wildman–Crippen MR) is 106 cm³/mol. The summed E-state index contributed by atoms with van der Waals surface area (Å²) in [4.78, 5) is 12.7. The zero-order valence-electron chi connectivity index (χ0n) is 16.3. The van der Waals surface area contributed by atoms with Gasteiger partial charge in [0, 0.05) is 31.6 Å². The van der Waals surface area contributed by atoms with E-state index in [1.165, 1.54) is 17.7 Å². The average molecular weight is 381 g/mol. The van der Waals surface area contributed by atoms with Crippen molar-refractivity contribution in [2.24, 2.45) is 4.99 Å². The Hall–Kier alpha value is -1.18. The summed E-state index contributed by atoms with van der Waals surface area (Å²) >= 11 is 1.75. The monoisotopic (exact) mass is 380 g/mol. The Bertz CT molecular complexity index is 571. The summed E-state index contributed by atoms with van der Waals surface area (Å²) in [6, 6.07) is 0. The molecule has 6 nitrogen and oxygen atoms in total. The number of nitrogens with zero attached hydrogens (tertiary/aromatic N) is 3. The van der Waals surface area contributed by atoms with Crippen molar-refractivity contribution < 1.29 is 9.47 Å². The molecule has 0 saturated carbocycles. The van der Waals surface area contributed by atoms with Crippen LogP contribution in [-0.4, -0.2) is 61.4 Å². The smallest absolute Gasteiger partial charge is 0.193 e. The maximum atomic E-state index is 6.11. The summed E-state index contributed by atoms with van der Waals surface area (Å²) in [7, 11) is 1.85. The van der Waals surface area contributed by atoms with Crippen molar-refractivity contribution in [3.8, 4) is 0 Å². The second kappa shape index (κ2) is 9.67. The molecule has 0 aliphatic carbocycles. The minimum absolute atomic E-state index is 0.307. The lowest BCUT2D eigenvalue weighted by molar-refractivity contribution is -0.0721. The first-order valence-corrected chi connectivity index (χ1v) is 10.6. The molecule has 1 atom stereocenters. The molecule has 0 spiro atoms. The van der Waals surface area contributed by atoms with Crippen LogP contribution in [0.4, 0.5) is 0 Å². The van der Waals surface area contributed by atoms with Gasteiger partial charge >= 0.3 is 0 Å². The van der Waals surface area contributed by atoms with E-state index >= 15 is 0 Å². The first-order valence-electron chi connectivity index (χ1n) is 9.77. The van der Waals surface area contributed by atoms with Crippen LogP contribution in [0.15, 0.2) is 4.99 Å². The van der Waals surface area contributed by atoms with Gasteiger partial charge in [-0.1, -0.05) is 0 Å². The van der Waals surface area contributed by atoms with Gasteiger partial charge in [-0.2, -0.15) is 0 Å². The Balaban J connectivity index is 1.39. The van der Waals surface area contributed by atoms with Crippen molar-refractivity contribution in [3.05, 3.63) is 15.6 Å². The Morgan fingerprint density at radius 2 is 2.12 bits per heavy atom. The van der Waals surface area contributed by atoms with Crippen LogP contribution in [-0.2, 0) is 16.0 Å². The quantitative estimate of drug-likeness (QED) is 0.629. The zero-order chi connectivity index (χ0) is 18.4. The van der Waals surface area contributed by atoms with Crippen LogP contribution in [0.1, 0.15) is 47.7 Å². The van der Waals surface area contributed by atoms with Gasteiger partial charge in [0.05, 0.1) is 31.1 Å². The van der Waals surface area contributed by atoms with E-state index in [4.69, 9.17) is 9.47 Å². The van der Waals surface area contributed by atoms with Crippen LogP contribution in [0.2, 0.25) is 0 Å². The van der Waals surface area contributed by atoms with Crippen LogP contribution in [0.5, 0.6) is 0 Å². The number of guanidine groups is 1. The van der Waals surface area contributed by atoms with Gasteiger partial charge in [-0.3, -0.25) is 4.99 Å². The standard InChI is InChI=1S/C19H32N4O2S/c1-14-15(2)26-18(22-14)12-21-19(20-3)23-9-7-16(8-10-23)25-13-17-6-4-5-11-24-17/h16-17H,4-13H2,1-3H3,(H,20,21). The fourth-order valence-corrected chi connectivity index (χ4v) is 4.39. The third kappa shape index (κ3) is 5.41. The van der Waals surface area contributed by atoms with E-state index in [-0.39, 0.29) is 0 Å². The van der Waals surface area contributed by atoms with Crippen LogP contribution < -0.4 is 5.32 Å². The van der Waals surface area contributed by atoms with E-state index in [1.54, 1.807) is 11.3 Å². The SMILES string of the molecule is CN=C(NCc1nc(C)c(C)s1)N1CCC(OCC2CCCCO2)CC1. The Kier molecular flexibility index (Phi) is 7.28. The van der Waals surface area contributed by atoms with E-state index < -0.39 is 0 Å². The van der Waals surface area contributed by atoms with Crippen molar-refractivity contribution in [2.75, 3.05) is 33.4 Å². The number of piperidine rings is 1. The van der Waals surface area contributed by atoms with Crippen LogP contribution in [0.25, 0.3) is 0 Å².